The Morgan fingerprint density at radius 1 is 1.58 bits per heavy atom. The maximum atomic E-state index is 10.9. The van der Waals surface area contributed by atoms with Crippen molar-refractivity contribution in [2.45, 2.75) is 6.92 Å². The van der Waals surface area contributed by atoms with E-state index in [1.807, 2.05) is 0 Å². The molecular formula is C9H8N6O4. The van der Waals surface area contributed by atoms with Gasteiger partial charge in [0.15, 0.2) is 11.6 Å². The lowest BCUT2D eigenvalue weighted by Crippen LogP contribution is -2.15. The Morgan fingerprint density at radius 2 is 2.37 bits per heavy atom. The molecule has 0 saturated carbocycles. The number of H-pyrrole nitrogens is 1. The Balaban J connectivity index is 2.08. The molecule has 19 heavy (non-hydrogen) atoms. The van der Waals surface area contributed by atoms with Gasteiger partial charge >= 0.3 is 11.6 Å². The van der Waals surface area contributed by atoms with E-state index in [1.165, 1.54) is 18.3 Å². The summed E-state index contributed by atoms with van der Waals surface area (Å²) in [6, 6.07) is 2.60. The van der Waals surface area contributed by atoms with Crippen LogP contribution in [0.3, 0.4) is 0 Å². The molecule has 10 heteroatoms. The molecule has 0 aromatic carbocycles. The summed E-state index contributed by atoms with van der Waals surface area (Å²) in [6.07, 6.45) is 1.22. The van der Waals surface area contributed by atoms with E-state index in [4.69, 9.17) is 4.42 Å². The van der Waals surface area contributed by atoms with Gasteiger partial charge in [-0.1, -0.05) is 0 Å². The number of aromatic amines is 1. The summed E-state index contributed by atoms with van der Waals surface area (Å²) in [7, 11) is 0. The van der Waals surface area contributed by atoms with E-state index in [0.29, 0.717) is 5.69 Å². The van der Waals surface area contributed by atoms with Crippen LogP contribution in [0.15, 0.2) is 26.4 Å². The molecule has 0 fully saturated rings. The second-order valence-corrected chi connectivity index (χ2v) is 3.38. The van der Waals surface area contributed by atoms with Crippen LogP contribution in [0, 0.1) is 17.0 Å². The van der Waals surface area contributed by atoms with Gasteiger partial charge in [0.2, 0.25) is 0 Å². The molecule has 0 aliphatic carbocycles. The normalized spacial score (nSPS) is 10.8. The lowest BCUT2D eigenvalue weighted by Gasteiger charge is -1.99. The minimum absolute atomic E-state index is 0.182. The SMILES string of the molecule is Cc1n[nH]c(=O)nc1N/N=C\c1ccc([N+](=O)[O-])o1. The van der Waals surface area contributed by atoms with Gasteiger partial charge in [-0.25, -0.2) is 9.89 Å². The molecule has 0 bridgehead atoms. The van der Waals surface area contributed by atoms with Crippen LogP contribution in [0.1, 0.15) is 11.5 Å². The second kappa shape index (κ2) is 5.08. The van der Waals surface area contributed by atoms with Gasteiger partial charge in [0.05, 0.1) is 12.3 Å². The number of rotatable bonds is 4. The van der Waals surface area contributed by atoms with Crippen LogP contribution in [0.5, 0.6) is 0 Å². The lowest BCUT2D eigenvalue weighted by molar-refractivity contribution is -0.402. The number of aromatic nitrogens is 3. The number of aryl methyl sites for hydroxylation is 1. The first-order valence-corrected chi connectivity index (χ1v) is 5.03. The van der Waals surface area contributed by atoms with Crippen LogP contribution in [0.25, 0.3) is 0 Å². The zero-order chi connectivity index (χ0) is 13.8. The van der Waals surface area contributed by atoms with Gasteiger partial charge in [-0.3, -0.25) is 15.5 Å². The molecule has 2 aromatic rings. The van der Waals surface area contributed by atoms with Gasteiger partial charge in [-0.2, -0.15) is 15.2 Å². The summed E-state index contributed by atoms with van der Waals surface area (Å²) in [5.41, 5.74) is 2.32. The van der Waals surface area contributed by atoms with Crippen molar-refractivity contribution >= 4 is 17.9 Å². The van der Waals surface area contributed by atoms with Crippen molar-refractivity contribution in [1.82, 2.24) is 15.2 Å². The first kappa shape index (κ1) is 12.4. The van der Waals surface area contributed by atoms with E-state index in [1.54, 1.807) is 6.92 Å². The molecule has 10 nitrogen and oxygen atoms in total. The highest BCUT2D eigenvalue weighted by Crippen LogP contribution is 2.13. The van der Waals surface area contributed by atoms with Gasteiger partial charge in [0.25, 0.3) is 0 Å². The Kier molecular flexibility index (Phi) is 3.32. The largest absolute Gasteiger partial charge is 0.433 e. The number of hydrazone groups is 1. The van der Waals surface area contributed by atoms with Gasteiger partial charge in [-0.15, -0.1) is 0 Å². The molecule has 2 rings (SSSR count). The molecule has 0 atom stereocenters. The molecule has 2 N–H and O–H groups in total. The topological polar surface area (TPSA) is 139 Å². The third-order valence-corrected chi connectivity index (χ3v) is 2.03. The number of nitrogens with one attached hydrogen (secondary N) is 2. The first-order chi connectivity index (χ1) is 9.06. The summed E-state index contributed by atoms with van der Waals surface area (Å²) >= 11 is 0. The van der Waals surface area contributed by atoms with E-state index < -0.39 is 10.6 Å². The molecule has 98 valence electrons. The number of furan rings is 1. The average molecular weight is 264 g/mol. The molecule has 0 saturated heterocycles. The van der Waals surface area contributed by atoms with E-state index in [9.17, 15) is 14.9 Å². The molecule has 0 unspecified atom stereocenters. The standard InChI is InChI=1S/C9H8N6O4/c1-5-8(11-9(16)14-12-5)13-10-4-6-2-3-7(19-6)15(17)18/h2-4H,1H3,(H2,11,13,14,16)/b10-4-. The van der Waals surface area contributed by atoms with Crippen LogP contribution < -0.4 is 11.1 Å². The third kappa shape index (κ3) is 3.00. The number of hydrogen-bond acceptors (Lipinski definition) is 8. The highest BCUT2D eigenvalue weighted by molar-refractivity contribution is 5.76. The number of hydrogen-bond donors (Lipinski definition) is 2. The predicted octanol–water partition coefficient (Wildman–Crippen LogP) is 0.421. The highest BCUT2D eigenvalue weighted by Gasteiger charge is 2.10. The summed E-state index contributed by atoms with van der Waals surface area (Å²) in [5.74, 6) is -0.00992. The molecule has 0 spiro atoms. The molecule has 0 aliphatic rings. The van der Waals surface area contributed by atoms with Crippen molar-refractivity contribution in [2.75, 3.05) is 5.43 Å². The number of nitrogens with zero attached hydrogens (tertiary/aromatic N) is 4. The van der Waals surface area contributed by atoms with E-state index in [0.717, 1.165) is 0 Å². The fourth-order valence-corrected chi connectivity index (χ4v) is 1.16. The highest BCUT2D eigenvalue weighted by atomic mass is 16.6. The van der Waals surface area contributed by atoms with E-state index in [-0.39, 0.29) is 17.5 Å². The van der Waals surface area contributed by atoms with E-state index >= 15 is 0 Å². The van der Waals surface area contributed by atoms with Crippen molar-refractivity contribution in [3.63, 3.8) is 0 Å². The summed E-state index contributed by atoms with van der Waals surface area (Å²) < 4.78 is 4.84. The Morgan fingerprint density at radius 3 is 3.05 bits per heavy atom. The van der Waals surface area contributed by atoms with Crippen LogP contribution >= 0.6 is 0 Å². The molecule has 0 radical (unpaired) electrons. The van der Waals surface area contributed by atoms with Crippen LogP contribution in [-0.4, -0.2) is 26.3 Å². The van der Waals surface area contributed by atoms with Gasteiger partial charge in [0, 0.05) is 0 Å². The Hall–Kier alpha value is -3.04. The average Bonchev–Trinajstić information content (AvgIpc) is 2.82. The van der Waals surface area contributed by atoms with Crippen molar-refractivity contribution < 1.29 is 9.34 Å². The van der Waals surface area contributed by atoms with Crippen molar-refractivity contribution in [1.29, 1.82) is 0 Å². The smallest absolute Gasteiger partial charge is 0.400 e. The predicted molar refractivity (Wildman–Crippen MR) is 64.0 cm³/mol. The minimum atomic E-state index is -0.656. The maximum Gasteiger partial charge on any atom is 0.433 e. The zero-order valence-corrected chi connectivity index (χ0v) is 9.65. The second-order valence-electron chi connectivity index (χ2n) is 3.38. The van der Waals surface area contributed by atoms with E-state index in [2.05, 4.69) is 25.7 Å². The fraction of sp³-hybridized carbons (Fsp3) is 0.111. The van der Waals surface area contributed by atoms with Crippen LogP contribution in [0.4, 0.5) is 11.7 Å². The van der Waals surface area contributed by atoms with Crippen molar-refractivity contribution in [3.05, 3.63) is 44.2 Å². The Labute approximate surface area is 105 Å². The van der Waals surface area contributed by atoms with Crippen LogP contribution in [0.2, 0.25) is 0 Å². The third-order valence-electron chi connectivity index (χ3n) is 2.03. The Bertz CT molecular complexity index is 688. The first-order valence-electron chi connectivity index (χ1n) is 5.03. The number of anilines is 1. The number of nitro groups is 1. The van der Waals surface area contributed by atoms with Crippen LogP contribution in [-0.2, 0) is 0 Å². The monoisotopic (exact) mass is 264 g/mol. The molecule has 0 aliphatic heterocycles. The lowest BCUT2D eigenvalue weighted by atomic mass is 10.5. The molecule has 2 heterocycles. The van der Waals surface area contributed by atoms with Gasteiger partial charge in [0.1, 0.15) is 10.6 Å². The maximum absolute atomic E-state index is 10.9. The summed E-state index contributed by atoms with van der Waals surface area (Å²) in [4.78, 5) is 24.3. The summed E-state index contributed by atoms with van der Waals surface area (Å²) in [5, 5.41) is 20.0. The fourth-order valence-electron chi connectivity index (χ4n) is 1.16. The summed E-state index contributed by atoms with van der Waals surface area (Å²) in [6.45, 7) is 1.62. The van der Waals surface area contributed by atoms with Gasteiger partial charge in [-0.05, 0) is 13.0 Å². The van der Waals surface area contributed by atoms with Crippen molar-refractivity contribution in [3.8, 4) is 0 Å². The molecule has 0 amide bonds. The quantitative estimate of drug-likeness (QED) is 0.463. The molecular weight excluding hydrogens is 256 g/mol. The minimum Gasteiger partial charge on any atom is -0.400 e. The molecule has 2 aromatic heterocycles. The van der Waals surface area contributed by atoms with Crippen molar-refractivity contribution in [2.24, 2.45) is 5.10 Å². The van der Waals surface area contributed by atoms with Gasteiger partial charge < -0.3 is 4.42 Å². The zero-order valence-electron chi connectivity index (χ0n) is 9.65.